The van der Waals surface area contributed by atoms with Crippen molar-refractivity contribution >= 4 is 16.5 Å². The van der Waals surface area contributed by atoms with E-state index in [0.29, 0.717) is 10.9 Å². The maximum Gasteiger partial charge on any atom is 0.281 e. The molecule has 5 nitrogen and oxygen atoms in total. The van der Waals surface area contributed by atoms with Gasteiger partial charge in [-0.3, -0.25) is 4.79 Å². The van der Waals surface area contributed by atoms with Crippen LogP contribution in [-0.2, 0) is 6.54 Å². The number of hydrogen-bond donors (Lipinski definition) is 1. The lowest BCUT2D eigenvalue weighted by molar-refractivity contribution is 0.389. The Morgan fingerprint density at radius 1 is 1.41 bits per heavy atom. The van der Waals surface area contributed by atoms with E-state index in [1.54, 1.807) is 28.8 Å². The van der Waals surface area contributed by atoms with Gasteiger partial charge in [0.1, 0.15) is 17.4 Å². The Bertz CT molecular complexity index is 765. The molecule has 1 aliphatic heterocycles. The Balaban J connectivity index is 2.47. The molecular weight excluding hydrogens is 218 g/mol. The van der Waals surface area contributed by atoms with Gasteiger partial charge in [0.25, 0.3) is 5.56 Å². The summed E-state index contributed by atoms with van der Waals surface area (Å²) in [7, 11) is 0. The van der Waals surface area contributed by atoms with Gasteiger partial charge >= 0.3 is 0 Å². The SMILES string of the molecule is N#CC1=C(O)Cn2c1nc(=O)c1ccccc12. The van der Waals surface area contributed by atoms with Crippen LogP contribution in [0.15, 0.2) is 34.8 Å². The highest BCUT2D eigenvalue weighted by molar-refractivity contribution is 5.84. The number of aliphatic hydroxyl groups excluding tert-OH is 1. The molecule has 1 N–H and O–H groups in total. The average Bonchev–Trinajstić information content (AvgIpc) is 2.66. The van der Waals surface area contributed by atoms with Gasteiger partial charge in [-0.25, -0.2) is 0 Å². The molecule has 0 radical (unpaired) electrons. The van der Waals surface area contributed by atoms with Gasteiger partial charge in [-0.05, 0) is 12.1 Å². The molecule has 2 aromatic rings. The van der Waals surface area contributed by atoms with Crippen molar-refractivity contribution in [2.45, 2.75) is 6.54 Å². The standard InChI is InChI=1S/C12H7N3O2/c13-5-8-10(16)6-15-9-4-2-1-3-7(9)12(17)14-11(8)15/h1-4,16H,6H2. The number of nitriles is 1. The quantitative estimate of drug-likeness (QED) is 0.730. The minimum absolute atomic E-state index is 0.0456. The van der Waals surface area contributed by atoms with Gasteiger partial charge in [0, 0.05) is 0 Å². The smallest absolute Gasteiger partial charge is 0.281 e. The maximum absolute atomic E-state index is 11.8. The average molecular weight is 225 g/mol. The molecule has 0 amide bonds. The summed E-state index contributed by atoms with van der Waals surface area (Å²) < 4.78 is 1.67. The fraction of sp³-hybridized carbons (Fsp3) is 0.0833. The predicted molar refractivity (Wildman–Crippen MR) is 61.2 cm³/mol. The lowest BCUT2D eigenvalue weighted by Gasteiger charge is -2.07. The van der Waals surface area contributed by atoms with Gasteiger partial charge in [-0.1, -0.05) is 12.1 Å². The van der Waals surface area contributed by atoms with E-state index in [0.717, 1.165) is 0 Å². The Morgan fingerprint density at radius 2 is 2.18 bits per heavy atom. The number of nitrogens with zero attached hydrogens (tertiary/aromatic N) is 3. The number of rotatable bonds is 0. The van der Waals surface area contributed by atoms with Crippen LogP contribution in [0.25, 0.3) is 16.5 Å². The molecule has 3 rings (SSSR count). The van der Waals surface area contributed by atoms with Crippen molar-refractivity contribution in [2.24, 2.45) is 0 Å². The van der Waals surface area contributed by atoms with Crippen molar-refractivity contribution in [1.82, 2.24) is 9.55 Å². The second-order valence-electron chi connectivity index (χ2n) is 3.78. The minimum Gasteiger partial charge on any atom is -0.509 e. The van der Waals surface area contributed by atoms with Crippen LogP contribution in [0.1, 0.15) is 5.82 Å². The van der Waals surface area contributed by atoms with Gasteiger partial charge in [0.05, 0.1) is 17.4 Å². The number of hydrogen-bond acceptors (Lipinski definition) is 4. The Hall–Kier alpha value is -2.61. The summed E-state index contributed by atoms with van der Waals surface area (Å²) in [6, 6.07) is 8.88. The van der Waals surface area contributed by atoms with E-state index >= 15 is 0 Å². The number of aliphatic hydroxyl groups is 1. The summed E-state index contributed by atoms with van der Waals surface area (Å²) >= 11 is 0. The minimum atomic E-state index is -0.380. The first kappa shape index (κ1) is 9.60. The molecule has 1 aromatic carbocycles. The Morgan fingerprint density at radius 3 is 2.94 bits per heavy atom. The fourth-order valence-electron chi connectivity index (χ4n) is 2.04. The largest absolute Gasteiger partial charge is 0.509 e. The molecule has 17 heavy (non-hydrogen) atoms. The number of fused-ring (bicyclic) bond motifs is 3. The van der Waals surface area contributed by atoms with Gasteiger partial charge in [0.2, 0.25) is 0 Å². The predicted octanol–water partition coefficient (Wildman–Crippen LogP) is 1.20. The van der Waals surface area contributed by atoms with Crippen LogP contribution in [0, 0.1) is 11.3 Å². The molecule has 0 bridgehead atoms. The summed E-state index contributed by atoms with van der Waals surface area (Å²) in [5.74, 6) is 0.199. The van der Waals surface area contributed by atoms with Crippen LogP contribution in [-0.4, -0.2) is 14.7 Å². The third-order valence-electron chi connectivity index (χ3n) is 2.82. The fourth-order valence-corrected chi connectivity index (χ4v) is 2.04. The highest BCUT2D eigenvalue weighted by Gasteiger charge is 2.24. The molecule has 0 aliphatic carbocycles. The number of benzene rings is 1. The summed E-state index contributed by atoms with van der Waals surface area (Å²) in [4.78, 5) is 15.6. The van der Waals surface area contributed by atoms with E-state index in [4.69, 9.17) is 5.26 Å². The maximum atomic E-state index is 11.8. The summed E-state index contributed by atoms with van der Waals surface area (Å²) in [6.07, 6.45) is 0. The third kappa shape index (κ3) is 1.18. The molecule has 0 spiro atoms. The molecule has 0 unspecified atom stereocenters. The van der Waals surface area contributed by atoms with Crippen molar-refractivity contribution < 1.29 is 5.11 Å². The van der Waals surface area contributed by atoms with Crippen molar-refractivity contribution in [2.75, 3.05) is 0 Å². The highest BCUT2D eigenvalue weighted by Crippen LogP contribution is 2.26. The summed E-state index contributed by atoms with van der Waals surface area (Å²) in [5.41, 5.74) is 0.376. The molecule has 1 aromatic heterocycles. The van der Waals surface area contributed by atoms with Gasteiger partial charge in [-0.15, -0.1) is 0 Å². The van der Waals surface area contributed by atoms with E-state index in [1.165, 1.54) is 0 Å². The second kappa shape index (κ2) is 3.19. The third-order valence-corrected chi connectivity index (χ3v) is 2.82. The molecule has 0 saturated carbocycles. The molecule has 5 heteroatoms. The van der Waals surface area contributed by atoms with Crippen LogP contribution < -0.4 is 5.56 Å². The van der Waals surface area contributed by atoms with Crippen LogP contribution in [0.2, 0.25) is 0 Å². The van der Waals surface area contributed by atoms with Gasteiger partial charge < -0.3 is 9.67 Å². The normalized spacial score (nSPS) is 13.8. The topological polar surface area (TPSA) is 78.9 Å². The molecular formula is C12H7N3O2. The van der Waals surface area contributed by atoms with Crippen LogP contribution >= 0.6 is 0 Å². The van der Waals surface area contributed by atoms with Gasteiger partial charge in [0.15, 0.2) is 5.82 Å². The van der Waals surface area contributed by atoms with E-state index in [9.17, 15) is 9.90 Å². The summed E-state index contributed by atoms with van der Waals surface area (Å²) in [5, 5.41) is 19.1. The first-order valence-corrected chi connectivity index (χ1v) is 5.04. The lowest BCUT2D eigenvalue weighted by atomic mass is 10.2. The summed E-state index contributed by atoms with van der Waals surface area (Å²) in [6.45, 7) is 0.187. The second-order valence-corrected chi connectivity index (χ2v) is 3.78. The van der Waals surface area contributed by atoms with E-state index in [1.807, 2.05) is 6.07 Å². The zero-order valence-corrected chi connectivity index (χ0v) is 8.71. The van der Waals surface area contributed by atoms with E-state index in [-0.39, 0.29) is 29.3 Å². The lowest BCUT2D eigenvalue weighted by Crippen LogP contribution is -2.15. The van der Waals surface area contributed by atoms with E-state index < -0.39 is 0 Å². The van der Waals surface area contributed by atoms with Crippen molar-refractivity contribution in [3.05, 3.63) is 46.2 Å². The van der Waals surface area contributed by atoms with E-state index in [2.05, 4.69) is 4.98 Å². The first-order valence-electron chi connectivity index (χ1n) is 5.04. The molecule has 0 fully saturated rings. The molecule has 0 atom stereocenters. The monoisotopic (exact) mass is 225 g/mol. The van der Waals surface area contributed by atoms with Crippen LogP contribution in [0.3, 0.4) is 0 Å². The van der Waals surface area contributed by atoms with Crippen molar-refractivity contribution in [3.8, 4) is 6.07 Å². The number of para-hydroxylation sites is 1. The Kier molecular flexibility index (Phi) is 1.80. The number of aromatic nitrogens is 2. The first-order chi connectivity index (χ1) is 8.22. The Labute approximate surface area is 95.9 Å². The van der Waals surface area contributed by atoms with Gasteiger partial charge in [-0.2, -0.15) is 10.2 Å². The molecule has 2 heterocycles. The van der Waals surface area contributed by atoms with Crippen molar-refractivity contribution in [3.63, 3.8) is 0 Å². The van der Waals surface area contributed by atoms with Crippen molar-refractivity contribution in [1.29, 1.82) is 5.26 Å². The molecule has 0 saturated heterocycles. The highest BCUT2D eigenvalue weighted by atomic mass is 16.3. The van der Waals surface area contributed by atoms with Crippen LogP contribution in [0.4, 0.5) is 0 Å². The van der Waals surface area contributed by atoms with Crippen LogP contribution in [0.5, 0.6) is 0 Å². The molecule has 1 aliphatic rings. The number of allylic oxidation sites excluding steroid dienone is 2. The zero-order chi connectivity index (χ0) is 12.0. The molecule has 82 valence electrons. The zero-order valence-electron chi connectivity index (χ0n) is 8.71.